The van der Waals surface area contributed by atoms with Gasteiger partial charge in [-0.1, -0.05) is 55.1 Å². The number of benzene rings is 2. The number of nitrogens with zero attached hydrogens (tertiary/aromatic N) is 3. The summed E-state index contributed by atoms with van der Waals surface area (Å²) in [5.41, 5.74) is 8.88. The van der Waals surface area contributed by atoms with Gasteiger partial charge in [0, 0.05) is 23.6 Å². The van der Waals surface area contributed by atoms with E-state index in [9.17, 15) is 19.2 Å². The molecule has 6 rings (SSSR count). The summed E-state index contributed by atoms with van der Waals surface area (Å²) < 4.78 is 11.7. The standard InChI is InChI=1S/C32H31ClN4O6.C6H13N/c1-17-19-12-13-24(21(19)11-10-20(17)30(40)43-32(2,3)4)36-29(39)26-15-25(31(41)42-5)35-28-22(16-34-37(26)28)27(38)14-18-8-6-7-9-23(18)33;7-6-4-2-1-3-5-6/h6-11,15-16,24H,12-14H2,1-5H3,(H,36,39);6H,1-5,7H2/t24-;/m0./s1. The lowest BCUT2D eigenvalue weighted by molar-refractivity contribution is 0.00681. The van der Waals surface area contributed by atoms with Gasteiger partial charge in [-0.15, -0.1) is 0 Å². The number of hydrogen-bond donors (Lipinski definition) is 2. The zero-order chi connectivity index (χ0) is 36.2. The Bertz CT molecular complexity index is 1920. The van der Waals surface area contributed by atoms with E-state index in [0.29, 0.717) is 35.0 Å². The molecule has 1 fully saturated rings. The van der Waals surface area contributed by atoms with Crippen LogP contribution in [0.15, 0.2) is 48.7 Å². The molecule has 0 saturated heterocycles. The second-order valence-electron chi connectivity index (χ2n) is 13.8. The number of amides is 1. The van der Waals surface area contributed by atoms with Gasteiger partial charge in [0.1, 0.15) is 11.3 Å². The number of methoxy groups -OCH3 is 1. The van der Waals surface area contributed by atoms with E-state index in [4.69, 9.17) is 26.8 Å². The first-order chi connectivity index (χ1) is 23.8. The lowest BCUT2D eigenvalue weighted by Gasteiger charge is -2.21. The molecular formula is C38H44ClN5O6. The van der Waals surface area contributed by atoms with E-state index in [0.717, 1.165) is 16.7 Å². The molecule has 0 unspecified atom stereocenters. The van der Waals surface area contributed by atoms with E-state index < -0.39 is 23.4 Å². The Kier molecular flexibility index (Phi) is 11.4. The van der Waals surface area contributed by atoms with Gasteiger partial charge in [0.2, 0.25) is 0 Å². The number of nitrogens with one attached hydrogen (secondary N) is 1. The number of carbonyl (C=O) groups is 4. The van der Waals surface area contributed by atoms with Gasteiger partial charge < -0.3 is 20.5 Å². The van der Waals surface area contributed by atoms with E-state index in [2.05, 4.69) is 15.4 Å². The zero-order valence-electron chi connectivity index (χ0n) is 29.2. The van der Waals surface area contributed by atoms with E-state index >= 15 is 0 Å². The van der Waals surface area contributed by atoms with E-state index in [-0.39, 0.29) is 40.8 Å². The van der Waals surface area contributed by atoms with Crippen LogP contribution in [-0.2, 0) is 22.3 Å². The maximum atomic E-state index is 13.7. The van der Waals surface area contributed by atoms with Crippen molar-refractivity contribution in [2.75, 3.05) is 7.11 Å². The molecular weight excluding hydrogens is 658 g/mol. The normalized spacial score (nSPS) is 15.9. The Balaban J connectivity index is 0.000000619. The molecule has 2 aliphatic rings. The molecule has 1 saturated carbocycles. The van der Waals surface area contributed by atoms with Crippen LogP contribution in [0.25, 0.3) is 5.65 Å². The molecule has 50 heavy (non-hydrogen) atoms. The van der Waals surface area contributed by atoms with Crippen molar-refractivity contribution in [2.24, 2.45) is 5.73 Å². The van der Waals surface area contributed by atoms with Crippen LogP contribution in [0.2, 0.25) is 5.02 Å². The second kappa shape index (κ2) is 15.5. The summed E-state index contributed by atoms with van der Waals surface area (Å²) in [5.74, 6) is -2.01. The number of hydrogen-bond acceptors (Lipinski definition) is 9. The molecule has 1 amide bonds. The van der Waals surface area contributed by atoms with Crippen LogP contribution in [0, 0.1) is 6.92 Å². The number of fused-ring (bicyclic) bond motifs is 2. The van der Waals surface area contributed by atoms with Crippen molar-refractivity contribution in [2.45, 2.75) is 96.7 Å². The minimum atomic E-state index is -0.765. The highest BCUT2D eigenvalue weighted by Crippen LogP contribution is 2.35. The van der Waals surface area contributed by atoms with Crippen LogP contribution in [0.4, 0.5) is 0 Å². The Morgan fingerprint density at radius 2 is 1.72 bits per heavy atom. The number of ether oxygens (including phenoxy) is 2. The van der Waals surface area contributed by atoms with Gasteiger partial charge in [0.05, 0.1) is 30.5 Å². The fraction of sp³-hybridized carbons (Fsp3) is 0.421. The molecule has 2 aromatic heterocycles. The van der Waals surface area contributed by atoms with Crippen LogP contribution in [0.3, 0.4) is 0 Å². The van der Waals surface area contributed by atoms with Gasteiger partial charge in [-0.05, 0) is 87.8 Å². The van der Waals surface area contributed by atoms with Crippen molar-refractivity contribution >= 4 is 40.9 Å². The maximum Gasteiger partial charge on any atom is 0.356 e. The third-order valence-corrected chi connectivity index (χ3v) is 9.34. The molecule has 0 bridgehead atoms. The fourth-order valence-corrected chi connectivity index (χ4v) is 6.59. The van der Waals surface area contributed by atoms with Gasteiger partial charge in [-0.25, -0.2) is 19.1 Å². The number of nitrogens with two attached hydrogens (primary N) is 1. The lowest BCUT2D eigenvalue weighted by atomic mass is 9.97. The molecule has 0 spiro atoms. The van der Waals surface area contributed by atoms with Crippen molar-refractivity contribution in [3.63, 3.8) is 0 Å². The SMILES string of the molecule is COC(=O)c1cc(C(=O)N[C@H]2CCc3c2ccc(C(=O)OC(C)(C)C)c3C)n2ncc(C(=O)Cc3ccccc3Cl)c2n1.NC1CCCCC1. The van der Waals surface area contributed by atoms with Crippen LogP contribution in [0.5, 0.6) is 0 Å². The Morgan fingerprint density at radius 1 is 1.00 bits per heavy atom. The van der Waals surface area contributed by atoms with Gasteiger partial charge in [-0.2, -0.15) is 5.10 Å². The van der Waals surface area contributed by atoms with Gasteiger partial charge in [-0.3, -0.25) is 9.59 Å². The quantitative estimate of drug-likeness (QED) is 0.161. The summed E-state index contributed by atoms with van der Waals surface area (Å²) in [6.07, 6.45) is 9.24. The van der Waals surface area contributed by atoms with Gasteiger partial charge in [0.15, 0.2) is 17.1 Å². The number of Topliss-reactive ketones (excluding diaryl/α,β-unsaturated/α-hetero) is 1. The van der Waals surface area contributed by atoms with Gasteiger partial charge >= 0.3 is 11.9 Å². The van der Waals surface area contributed by atoms with Gasteiger partial charge in [0.25, 0.3) is 5.91 Å². The lowest BCUT2D eigenvalue weighted by Crippen LogP contribution is -2.30. The summed E-state index contributed by atoms with van der Waals surface area (Å²) in [7, 11) is 1.21. The minimum absolute atomic E-state index is 0.0118. The van der Waals surface area contributed by atoms with Crippen molar-refractivity contribution in [3.05, 3.63) is 98.5 Å². The first kappa shape index (κ1) is 36.7. The molecule has 4 aromatic rings. The van der Waals surface area contributed by atoms with Crippen LogP contribution in [-0.4, -0.2) is 57.0 Å². The van der Waals surface area contributed by atoms with Crippen molar-refractivity contribution in [1.29, 1.82) is 0 Å². The summed E-state index contributed by atoms with van der Waals surface area (Å²) in [5, 5.41) is 7.75. The average Bonchev–Trinajstić information content (AvgIpc) is 3.70. The highest BCUT2D eigenvalue weighted by molar-refractivity contribution is 6.31. The molecule has 2 aliphatic carbocycles. The monoisotopic (exact) mass is 701 g/mol. The number of halogens is 1. The first-order valence-corrected chi connectivity index (χ1v) is 17.3. The topological polar surface area (TPSA) is 155 Å². The number of carbonyl (C=O) groups excluding carboxylic acids is 4. The number of esters is 2. The van der Waals surface area contributed by atoms with E-state index in [1.54, 1.807) is 30.3 Å². The third kappa shape index (κ3) is 8.39. The maximum absolute atomic E-state index is 13.7. The van der Waals surface area contributed by atoms with Crippen LogP contribution in [0.1, 0.15) is 129 Å². The number of rotatable bonds is 7. The molecule has 3 N–H and O–H groups in total. The second-order valence-corrected chi connectivity index (χ2v) is 14.2. The highest BCUT2D eigenvalue weighted by atomic mass is 35.5. The Hall–Kier alpha value is -4.61. The molecule has 11 nitrogen and oxygen atoms in total. The summed E-state index contributed by atoms with van der Waals surface area (Å²) in [4.78, 5) is 56.5. The summed E-state index contributed by atoms with van der Waals surface area (Å²) >= 11 is 6.25. The van der Waals surface area contributed by atoms with Crippen LogP contribution >= 0.6 is 11.6 Å². The molecule has 12 heteroatoms. The predicted octanol–water partition coefficient (Wildman–Crippen LogP) is 6.55. The summed E-state index contributed by atoms with van der Waals surface area (Å²) in [6.45, 7) is 7.33. The third-order valence-electron chi connectivity index (χ3n) is 8.98. The average molecular weight is 702 g/mol. The molecule has 1 atom stereocenters. The minimum Gasteiger partial charge on any atom is -0.464 e. The smallest absolute Gasteiger partial charge is 0.356 e. The van der Waals surface area contributed by atoms with Crippen LogP contribution < -0.4 is 11.1 Å². The zero-order valence-corrected chi connectivity index (χ0v) is 29.9. The van der Waals surface area contributed by atoms with Crippen molar-refractivity contribution in [3.8, 4) is 0 Å². The van der Waals surface area contributed by atoms with E-state index in [1.807, 2.05) is 33.8 Å². The predicted molar refractivity (Wildman–Crippen MR) is 190 cm³/mol. The van der Waals surface area contributed by atoms with Crippen molar-refractivity contribution < 1.29 is 28.7 Å². The molecule has 0 aliphatic heterocycles. The number of ketones is 1. The summed E-state index contributed by atoms with van der Waals surface area (Å²) in [6, 6.07) is 12.0. The molecule has 264 valence electrons. The highest BCUT2D eigenvalue weighted by Gasteiger charge is 2.31. The van der Waals surface area contributed by atoms with Crippen molar-refractivity contribution in [1.82, 2.24) is 19.9 Å². The number of aromatic nitrogens is 3. The fourth-order valence-electron chi connectivity index (χ4n) is 6.39. The largest absolute Gasteiger partial charge is 0.464 e. The molecule has 0 radical (unpaired) electrons. The molecule has 2 aromatic carbocycles. The first-order valence-electron chi connectivity index (χ1n) is 16.9. The Morgan fingerprint density at radius 3 is 2.36 bits per heavy atom. The Labute approximate surface area is 296 Å². The molecule has 2 heterocycles. The van der Waals surface area contributed by atoms with E-state index in [1.165, 1.54) is 56.0 Å².